The highest BCUT2D eigenvalue weighted by molar-refractivity contribution is 5.11. The first-order chi connectivity index (χ1) is 9.74. The summed E-state index contributed by atoms with van der Waals surface area (Å²) in [5, 5.41) is 0. The minimum atomic E-state index is 0.0883. The maximum atomic E-state index is 5.94. The fourth-order valence-corrected chi connectivity index (χ4v) is 2.29. The normalized spacial score (nSPS) is 12.6. The molecule has 0 spiro atoms. The summed E-state index contributed by atoms with van der Waals surface area (Å²) in [7, 11) is 0. The number of nitrogens with two attached hydrogens (primary N) is 1. The van der Waals surface area contributed by atoms with Crippen molar-refractivity contribution in [2.75, 3.05) is 13.1 Å². The highest BCUT2D eigenvalue weighted by Crippen LogP contribution is 2.19. The van der Waals surface area contributed by atoms with Crippen LogP contribution < -0.4 is 5.73 Å². The van der Waals surface area contributed by atoms with Crippen LogP contribution in [0.2, 0.25) is 0 Å². The van der Waals surface area contributed by atoms with Crippen molar-refractivity contribution < 1.29 is 0 Å². The number of likely N-dealkylation sites (N-methyl/N-ethyl adjacent to an activating group) is 1. The summed E-state index contributed by atoms with van der Waals surface area (Å²) in [6.07, 6.45) is 3.32. The second kappa shape index (κ2) is 7.07. The maximum absolute atomic E-state index is 5.94. The summed E-state index contributed by atoms with van der Waals surface area (Å²) in [6, 6.07) is 8.09. The molecular weight excluding hydrogens is 250 g/mol. The third-order valence-electron chi connectivity index (χ3n) is 3.33. The van der Waals surface area contributed by atoms with E-state index in [1.165, 1.54) is 0 Å². The molecular formula is C15H21N5. The number of aryl methyl sites for hydroxylation is 1. The minimum absolute atomic E-state index is 0.0883. The number of rotatable bonds is 6. The molecule has 1 unspecified atom stereocenters. The lowest BCUT2D eigenvalue weighted by Crippen LogP contribution is -2.34. The van der Waals surface area contributed by atoms with Gasteiger partial charge < -0.3 is 5.73 Å². The van der Waals surface area contributed by atoms with Crippen molar-refractivity contribution in [2.45, 2.75) is 26.4 Å². The number of hydrogen-bond acceptors (Lipinski definition) is 5. The molecule has 0 aliphatic heterocycles. The first kappa shape index (κ1) is 14.6. The van der Waals surface area contributed by atoms with E-state index in [0.29, 0.717) is 6.54 Å². The predicted molar refractivity (Wildman–Crippen MR) is 78.9 cm³/mol. The van der Waals surface area contributed by atoms with Gasteiger partial charge in [-0.15, -0.1) is 0 Å². The molecule has 0 radical (unpaired) electrons. The third kappa shape index (κ3) is 3.59. The minimum Gasteiger partial charge on any atom is -0.329 e. The summed E-state index contributed by atoms with van der Waals surface area (Å²) in [5.74, 6) is 0. The average Bonchev–Trinajstić information content (AvgIpc) is 2.48. The Balaban J connectivity index is 2.18. The molecule has 106 valence electrons. The first-order valence-corrected chi connectivity index (χ1v) is 6.87. The standard InChI is InChI=1S/C15H21N5/c1-3-20(10-13-6-4-5-12(2)19-13)15(9-16)14-7-8-17-11-18-14/h4-8,11,15H,3,9-10,16H2,1-2H3. The highest BCUT2D eigenvalue weighted by atomic mass is 15.2. The molecule has 1 atom stereocenters. The van der Waals surface area contributed by atoms with Crippen molar-refractivity contribution in [3.63, 3.8) is 0 Å². The average molecular weight is 271 g/mol. The van der Waals surface area contributed by atoms with Crippen LogP contribution in [0.5, 0.6) is 0 Å². The van der Waals surface area contributed by atoms with E-state index in [9.17, 15) is 0 Å². The van der Waals surface area contributed by atoms with Gasteiger partial charge in [-0.2, -0.15) is 0 Å². The van der Waals surface area contributed by atoms with Crippen LogP contribution in [-0.2, 0) is 6.54 Å². The summed E-state index contributed by atoms with van der Waals surface area (Å²) in [5.41, 5.74) is 8.99. The molecule has 0 aliphatic carbocycles. The van der Waals surface area contributed by atoms with E-state index in [1.54, 1.807) is 12.5 Å². The summed E-state index contributed by atoms with van der Waals surface area (Å²) in [6.45, 7) is 6.31. The van der Waals surface area contributed by atoms with Crippen LogP contribution in [-0.4, -0.2) is 32.9 Å². The van der Waals surface area contributed by atoms with E-state index < -0.39 is 0 Å². The van der Waals surface area contributed by atoms with E-state index in [0.717, 1.165) is 30.2 Å². The van der Waals surface area contributed by atoms with Crippen molar-refractivity contribution in [1.29, 1.82) is 0 Å². The highest BCUT2D eigenvalue weighted by Gasteiger charge is 2.19. The Morgan fingerprint density at radius 3 is 2.75 bits per heavy atom. The summed E-state index contributed by atoms with van der Waals surface area (Å²) < 4.78 is 0. The summed E-state index contributed by atoms with van der Waals surface area (Å²) in [4.78, 5) is 15.1. The van der Waals surface area contributed by atoms with E-state index in [4.69, 9.17) is 5.73 Å². The van der Waals surface area contributed by atoms with Crippen molar-refractivity contribution in [2.24, 2.45) is 5.73 Å². The van der Waals surface area contributed by atoms with Crippen LogP contribution >= 0.6 is 0 Å². The van der Waals surface area contributed by atoms with E-state index in [2.05, 4.69) is 26.8 Å². The number of nitrogens with zero attached hydrogens (tertiary/aromatic N) is 4. The first-order valence-electron chi connectivity index (χ1n) is 6.87. The smallest absolute Gasteiger partial charge is 0.115 e. The van der Waals surface area contributed by atoms with Gasteiger partial charge in [0, 0.05) is 25.0 Å². The topological polar surface area (TPSA) is 67.9 Å². The molecule has 20 heavy (non-hydrogen) atoms. The quantitative estimate of drug-likeness (QED) is 0.866. The van der Waals surface area contributed by atoms with E-state index in [-0.39, 0.29) is 6.04 Å². The van der Waals surface area contributed by atoms with Gasteiger partial charge in [0.1, 0.15) is 6.33 Å². The molecule has 0 aliphatic rings. The van der Waals surface area contributed by atoms with Crippen molar-refractivity contribution >= 4 is 0 Å². The van der Waals surface area contributed by atoms with Crippen LogP contribution in [0.3, 0.4) is 0 Å². The van der Waals surface area contributed by atoms with Gasteiger partial charge in [0.25, 0.3) is 0 Å². The molecule has 0 aromatic carbocycles. The molecule has 5 nitrogen and oxygen atoms in total. The molecule has 0 saturated carbocycles. The van der Waals surface area contributed by atoms with Gasteiger partial charge in [0.15, 0.2) is 0 Å². The van der Waals surface area contributed by atoms with Gasteiger partial charge in [-0.3, -0.25) is 9.88 Å². The SMILES string of the molecule is CCN(Cc1cccc(C)n1)C(CN)c1ccncn1. The lowest BCUT2D eigenvalue weighted by molar-refractivity contribution is 0.197. The molecule has 0 bridgehead atoms. The van der Waals surface area contributed by atoms with Crippen LogP contribution in [0.4, 0.5) is 0 Å². The molecule has 0 saturated heterocycles. The fourth-order valence-electron chi connectivity index (χ4n) is 2.29. The molecule has 2 aromatic heterocycles. The molecule has 0 amide bonds. The molecule has 2 heterocycles. The van der Waals surface area contributed by atoms with Gasteiger partial charge in [-0.05, 0) is 31.7 Å². The van der Waals surface area contributed by atoms with E-state index >= 15 is 0 Å². The number of hydrogen-bond donors (Lipinski definition) is 1. The largest absolute Gasteiger partial charge is 0.329 e. The third-order valence-corrected chi connectivity index (χ3v) is 3.33. The Labute approximate surface area is 119 Å². The van der Waals surface area contributed by atoms with E-state index in [1.807, 2.05) is 31.2 Å². The second-order valence-corrected chi connectivity index (χ2v) is 4.72. The van der Waals surface area contributed by atoms with Gasteiger partial charge in [-0.25, -0.2) is 9.97 Å². The zero-order chi connectivity index (χ0) is 14.4. The predicted octanol–water partition coefficient (Wildman–Crippen LogP) is 1.70. The Bertz CT molecular complexity index is 529. The summed E-state index contributed by atoms with van der Waals surface area (Å²) >= 11 is 0. The van der Waals surface area contributed by atoms with Crippen LogP contribution in [0.1, 0.15) is 30.0 Å². The van der Waals surface area contributed by atoms with Crippen LogP contribution in [0.15, 0.2) is 36.8 Å². The van der Waals surface area contributed by atoms with Gasteiger partial charge >= 0.3 is 0 Å². The Morgan fingerprint density at radius 1 is 1.30 bits per heavy atom. The molecule has 5 heteroatoms. The maximum Gasteiger partial charge on any atom is 0.115 e. The number of pyridine rings is 1. The number of aromatic nitrogens is 3. The molecule has 0 fully saturated rings. The Kier molecular flexibility index (Phi) is 5.15. The lowest BCUT2D eigenvalue weighted by Gasteiger charge is -2.29. The molecule has 2 aromatic rings. The molecule has 2 N–H and O–H groups in total. The van der Waals surface area contributed by atoms with Gasteiger partial charge in [0.2, 0.25) is 0 Å². The van der Waals surface area contributed by atoms with Crippen molar-refractivity contribution in [3.8, 4) is 0 Å². The lowest BCUT2D eigenvalue weighted by atomic mass is 10.1. The zero-order valence-corrected chi connectivity index (χ0v) is 12.0. The molecule has 2 rings (SSSR count). The van der Waals surface area contributed by atoms with Crippen LogP contribution in [0.25, 0.3) is 0 Å². The fraction of sp³-hybridized carbons (Fsp3) is 0.400. The van der Waals surface area contributed by atoms with Crippen LogP contribution in [0, 0.1) is 6.92 Å². The Morgan fingerprint density at radius 2 is 2.15 bits per heavy atom. The van der Waals surface area contributed by atoms with Crippen molar-refractivity contribution in [3.05, 3.63) is 53.9 Å². The van der Waals surface area contributed by atoms with Gasteiger partial charge in [-0.1, -0.05) is 13.0 Å². The van der Waals surface area contributed by atoms with Gasteiger partial charge in [0.05, 0.1) is 17.4 Å². The second-order valence-electron chi connectivity index (χ2n) is 4.72. The monoisotopic (exact) mass is 271 g/mol. The zero-order valence-electron chi connectivity index (χ0n) is 12.0. The Hall–Kier alpha value is -1.85. The van der Waals surface area contributed by atoms with Crippen molar-refractivity contribution in [1.82, 2.24) is 19.9 Å².